The lowest BCUT2D eigenvalue weighted by atomic mass is 9.96. The van der Waals surface area contributed by atoms with Gasteiger partial charge in [-0.2, -0.15) is 13.2 Å². The Balaban J connectivity index is 1.93. The Morgan fingerprint density at radius 2 is 1.78 bits per heavy atom. The van der Waals surface area contributed by atoms with Crippen molar-refractivity contribution in [1.29, 1.82) is 0 Å². The first-order chi connectivity index (χ1) is 14.9. The monoisotopic (exact) mass is 459 g/mol. The van der Waals surface area contributed by atoms with Gasteiger partial charge in [0, 0.05) is 17.0 Å². The number of ether oxygens (including phenoxy) is 2. The molecule has 2 N–H and O–H groups in total. The third-order valence-corrected chi connectivity index (χ3v) is 4.42. The zero-order valence-electron chi connectivity index (χ0n) is 16.1. The number of para-hydroxylation sites is 1. The molecular weight excluding hydrogens is 444 g/mol. The lowest BCUT2D eigenvalue weighted by molar-refractivity contribution is -0.274. The third kappa shape index (κ3) is 5.93. The van der Waals surface area contributed by atoms with E-state index in [1.54, 1.807) is 0 Å². The molecule has 32 heavy (non-hydrogen) atoms. The average molecular weight is 459 g/mol. The highest BCUT2D eigenvalue weighted by Crippen LogP contribution is 2.41. The first kappa shape index (κ1) is 23.4. The maximum atomic E-state index is 13.7. The molecule has 0 saturated carbocycles. The van der Waals surface area contributed by atoms with Gasteiger partial charge in [-0.15, -0.1) is 13.2 Å². The van der Waals surface area contributed by atoms with Crippen LogP contribution >= 0.6 is 0 Å². The molecule has 1 amide bonds. The second kappa shape index (κ2) is 9.10. The largest absolute Gasteiger partial charge is 0.573 e. The Labute approximate surface area is 177 Å². The molecule has 1 aliphatic heterocycles. The predicted octanol–water partition coefficient (Wildman–Crippen LogP) is 3.50. The fourth-order valence-electron chi connectivity index (χ4n) is 3.01. The fourth-order valence-corrected chi connectivity index (χ4v) is 3.01. The lowest BCUT2D eigenvalue weighted by Crippen LogP contribution is -2.41. The van der Waals surface area contributed by atoms with Crippen molar-refractivity contribution in [1.82, 2.24) is 5.32 Å². The first-order valence-corrected chi connectivity index (χ1v) is 9.09. The predicted molar refractivity (Wildman–Crippen MR) is 99.2 cm³/mol. The van der Waals surface area contributed by atoms with Crippen LogP contribution in [0.15, 0.2) is 42.5 Å². The molecule has 0 unspecified atom stereocenters. The van der Waals surface area contributed by atoms with Crippen molar-refractivity contribution in [3.05, 3.63) is 53.6 Å². The van der Waals surface area contributed by atoms with Crippen LogP contribution in [0.3, 0.4) is 0 Å². The van der Waals surface area contributed by atoms with E-state index in [-0.39, 0.29) is 18.8 Å². The van der Waals surface area contributed by atoms with Crippen LogP contribution in [0.5, 0.6) is 5.75 Å². The summed E-state index contributed by atoms with van der Waals surface area (Å²) >= 11 is 0. The number of nitrogens with one attached hydrogen (secondary N) is 1. The summed E-state index contributed by atoms with van der Waals surface area (Å²) in [5.74, 6) is 2.78. The topological polar surface area (TPSA) is 67.8 Å². The van der Waals surface area contributed by atoms with Crippen LogP contribution in [0.4, 0.5) is 26.3 Å². The number of carbonyl (C=O) groups excluding carboxylic acids is 1. The van der Waals surface area contributed by atoms with Crippen molar-refractivity contribution in [3.8, 4) is 28.7 Å². The Hall–Kier alpha value is -3.23. The molecule has 170 valence electrons. The normalized spacial score (nSPS) is 18.6. The number of rotatable bonds is 3. The van der Waals surface area contributed by atoms with Gasteiger partial charge in [-0.1, -0.05) is 30.2 Å². The first-order valence-electron chi connectivity index (χ1n) is 9.09. The molecule has 0 radical (unpaired) electrons. The van der Waals surface area contributed by atoms with Gasteiger partial charge in [0.2, 0.25) is 0 Å². The van der Waals surface area contributed by atoms with Crippen LogP contribution in [0.25, 0.3) is 11.1 Å². The van der Waals surface area contributed by atoms with E-state index in [1.165, 1.54) is 12.1 Å². The van der Waals surface area contributed by atoms with E-state index >= 15 is 0 Å². The highest BCUT2D eigenvalue weighted by atomic mass is 19.4. The van der Waals surface area contributed by atoms with Gasteiger partial charge >= 0.3 is 12.5 Å². The smallest absolute Gasteiger partial charge is 0.405 e. The summed E-state index contributed by atoms with van der Waals surface area (Å²) in [6.45, 7) is 0.106. The highest BCUT2D eigenvalue weighted by Gasteiger charge is 2.36. The fraction of sp³-hybridized carbons (Fsp3) is 0.286. The molecule has 1 aliphatic rings. The van der Waals surface area contributed by atoms with E-state index in [2.05, 4.69) is 21.9 Å². The molecule has 11 heteroatoms. The minimum absolute atomic E-state index is 0.0360. The standard InChI is InChI=1S/C21H15F6NO4/c22-20(23,24)15-9-12(6-8-19(30)28-16-10-31-11-17(16)29)5-7-13(15)14-3-1-2-4-18(14)32-21(25,26)27/h1-5,7,9,16-17,29H,10-11H2,(H,28,30)/t16-,17+/m1/s1. The molecule has 0 aliphatic carbocycles. The van der Waals surface area contributed by atoms with E-state index in [4.69, 9.17) is 4.74 Å². The van der Waals surface area contributed by atoms with Crippen molar-refractivity contribution in [2.24, 2.45) is 0 Å². The second-order valence-corrected chi connectivity index (χ2v) is 6.74. The number of amides is 1. The van der Waals surface area contributed by atoms with Crippen molar-refractivity contribution < 1.29 is 45.7 Å². The quantitative estimate of drug-likeness (QED) is 0.545. The van der Waals surface area contributed by atoms with Crippen molar-refractivity contribution in [3.63, 3.8) is 0 Å². The van der Waals surface area contributed by atoms with Crippen LogP contribution < -0.4 is 10.1 Å². The molecule has 2 atom stereocenters. The molecule has 2 aromatic carbocycles. The Kier molecular flexibility index (Phi) is 6.66. The van der Waals surface area contributed by atoms with Gasteiger partial charge in [0.15, 0.2) is 0 Å². The summed E-state index contributed by atoms with van der Waals surface area (Å²) < 4.78 is 87.8. The van der Waals surface area contributed by atoms with E-state index in [1.807, 2.05) is 0 Å². The van der Waals surface area contributed by atoms with Gasteiger partial charge in [0.25, 0.3) is 5.91 Å². The number of alkyl halides is 6. The number of aliphatic hydroxyl groups excluding tert-OH is 1. The molecule has 2 aromatic rings. The Morgan fingerprint density at radius 3 is 2.41 bits per heavy atom. The molecule has 1 heterocycles. The highest BCUT2D eigenvalue weighted by molar-refractivity contribution is 5.94. The van der Waals surface area contributed by atoms with Crippen LogP contribution in [-0.2, 0) is 15.7 Å². The SMILES string of the molecule is O=C(C#Cc1ccc(-c2ccccc2OC(F)(F)F)c(C(F)(F)F)c1)N[C@@H]1COC[C@@H]1O. The van der Waals surface area contributed by atoms with Gasteiger partial charge < -0.3 is 19.9 Å². The molecule has 1 fully saturated rings. The second-order valence-electron chi connectivity index (χ2n) is 6.74. The van der Waals surface area contributed by atoms with Crippen LogP contribution in [0.2, 0.25) is 0 Å². The van der Waals surface area contributed by atoms with E-state index < -0.39 is 53.0 Å². The number of benzene rings is 2. The summed E-state index contributed by atoms with van der Waals surface area (Å²) in [6, 6.07) is 6.49. The molecule has 0 aromatic heterocycles. The molecular formula is C21H15F6NO4. The van der Waals surface area contributed by atoms with Gasteiger partial charge in [-0.25, -0.2) is 0 Å². The summed E-state index contributed by atoms with van der Waals surface area (Å²) in [6.07, 6.45) is -10.9. The minimum atomic E-state index is -5.09. The zero-order valence-corrected chi connectivity index (χ0v) is 16.1. The zero-order chi connectivity index (χ0) is 23.5. The van der Waals surface area contributed by atoms with E-state index in [0.29, 0.717) is 6.07 Å². The summed E-state index contributed by atoms with van der Waals surface area (Å²) in [7, 11) is 0. The Morgan fingerprint density at radius 1 is 1.06 bits per heavy atom. The van der Waals surface area contributed by atoms with Gasteiger partial charge in [-0.3, -0.25) is 4.79 Å². The maximum absolute atomic E-state index is 13.7. The van der Waals surface area contributed by atoms with Gasteiger partial charge in [-0.05, 0) is 23.8 Å². The van der Waals surface area contributed by atoms with Gasteiger partial charge in [0.1, 0.15) is 5.75 Å². The van der Waals surface area contributed by atoms with E-state index in [9.17, 15) is 36.2 Å². The number of halogens is 6. The van der Waals surface area contributed by atoms with Gasteiger partial charge in [0.05, 0.1) is 30.9 Å². The molecule has 0 bridgehead atoms. The summed E-state index contributed by atoms with van der Waals surface area (Å²) in [4.78, 5) is 11.9. The number of carbonyl (C=O) groups is 1. The van der Waals surface area contributed by atoms with Crippen LogP contribution in [0.1, 0.15) is 11.1 Å². The number of aliphatic hydroxyl groups is 1. The minimum Gasteiger partial charge on any atom is -0.405 e. The van der Waals surface area contributed by atoms with Crippen molar-refractivity contribution in [2.45, 2.75) is 24.7 Å². The van der Waals surface area contributed by atoms with Crippen molar-refractivity contribution in [2.75, 3.05) is 13.2 Å². The molecule has 3 rings (SSSR count). The van der Waals surface area contributed by atoms with Crippen molar-refractivity contribution >= 4 is 5.91 Å². The number of hydrogen-bond donors (Lipinski definition) is 2. The summed E-state index contributed by atoms with van der Waals surface area (Å²) in [5, 5.41) is 12.0. The van der Waals surface area contributed by atoms with Crippen LogP contribution in [0, 0.1) is 11.8 Å². The summed E-state index contributed by atoms with van der Waals surface area (Å²) in [5.41, 5.74) is -2.39. The molecule has 5 nitrogen and oxygen atoms in total. The lowest BCUT2D eigenvalue weighted by Gasteiger charge is -2.17. The number of hydrogen-bond acceptors (Lipinski definition) is 4. The third-order valence-electron chi connectivity index (χ3n) is 4.42. The van der Waals surface area contributed by atoms with E-state index in [0.717, 1.165) is 24.3 Å². The molecule has 0 spiro atoms. The Bertz CT molecular complexity index is 1050. The maximum Gasteiger partial charge on any atom is 0.573 e. The van der Waals surface area contributed by atoms with Crippen LogP contribution in [-0.4, -0.2) is 42.7 Å². The average Bonchev–Trinajstić information content (AvgIpc) is 3.09. The molecule has 1 saturated heterocycles.